The van der Waals surface area contributed by atoms with Gasteiger partial charge in [-0.3, -0.25) is 9.59 Å². The zero-order valence-electron chi connectivity index (χ0n) is 14.9. The predicted molar refractivity (Wildman–Crippen MR) is 101 cm³/mol. The van der Waals surface area contributed by atoms with Gasteiger partial charge in [-0.2, -0.15) is 0 Å². The molecular formula is C18H27N5O2S. The molecule has 0 spiro atoms. The number of hydrogen-bond donors (Lipinski definition) is 3. The number of nitrogens with one attached hydrogen (secondary N) is 2. The van der Waals surface area contributed by atoms with Crippen LogP contribution < -0.4 is 16.4 Å². The molecule has 142 valence electrons. The van der Waals surface area contributed by atoms with Crippen molar-refractivity contribution >= 4 is 28.3 Å². The Kier molecular flexibility index (Phi) is 5.13. The van der Waals surface area contributed by atoms with Crippen LogP contribution in [-0.2, 0) is 16.0 Å². The van der Waals surface area contributed by atoms with Crippen LogP contribution in [0.25, 0.3) is 0 Å². The molecule has 0 aromatic carbocycles. The number of piperidine rings is 3. The minimum atomic E-state index is 0.0171. The molecule has 0 unspecified atom stereocenters. The van der Waals surface area contributed by atoms with Crippen molar-refractivity contribution in [1.82, 2.24) is 20.5 Å². The molecule has 0 radical (unpaired) electrons. The van der Waals surface area contributed by atoms with Crippen molar-refractivity contribution in [2.75, 3.05) is 25.4 Å². The summed E-state index contributed by atoms with van der Waals surface area (Å²) in [7, 11) is 0. The molecule has 4 N–H and O–H groups in total. The van der Waals surface area contributed by atoms with Crippen LogP contribution in [0.5, 0.6) is 0 Å². The van der Waals surface area contributed by atoms with Crippen LogP contribution in [0.2, 0.25) is 0 Å². The Morgan fingerprint density at radius 3 is 3.08 bits per heavy atom. The van der Waals surface area contributed by atoms with E-state index >= 15 is 0 Å². The van der Waals surface area contributed by atoms with Gasteiger partial charge in [0, 0.05) is 37.4 Å². The molecule has 8 heteroatoms. The van der Waals surface area contributed by atoms with E-state index in [9.17, 15) is 9.59 Å². The van der Waals surface area contributed by atoms with E-state index in [0.717, 1.165) is 31.6 Å². The quantitative estimate of drug-likeness (QED) is 0.703. The van der Waals surface area contributed by atoms with E-state index in [-0.39, 0.29) is 17.9 Å². The third-order valence-electron chi connectivity index (χ3n) is 6.09. The number of nitrogen functional groups attached to an aromatic ring is 1. The van der Waals surface area contributed by atoms with Crippen LogP contribution in [0.4, 0.5) is 5.13 Å². The number of aromatic nitrogens is 1. The summed E-state index contributed by atoms with van der Waals surface area (Å²) in [6.45, 7) is 2.51. The molecule has 2 bridgehead atoms. The number of thiazole rings is 1. The minimum Gasteiger partial charge on any atom is -0.375 e. The van der Waals surface area contributed by atoms with Crippen molar-refractivity contribution in [2.24, 2.45) is 11.8 Å². The number of nitrogens with two attached hydrogens (primary N) is 1. The van der Waals surface area contributed by atoms with E-state index in [1.165, 1.54) is 17.8 Å². The fraction of sp³-hybridized carbons (Fsp3) is 0.722. The minimum absolute atomic E-state index is 0.0171. The van der Waals surface area contributed by atoms with Crippen LogP contribution in [-0.4, -0.2) is 53.4 Å². The Balaban J connectivity index is 1.36. The third-order valence-corrected chi connectivity index (χ3v) is 6.81. The summed E-state index contributed by atoms with van der Waals surface area (Å²) in [5.74, 6) is 1.30. The standard InChI is InChI=1S/C18H27N5O2S/c19-18-22-13(10-26-18)4-5-16(24)21-9-15-12-6-11(7-20-8-12)14-2-1-3-17(25)23(14)15/h10-12,14-15,20H,1-9H2,(H2,19,22)(H,21,24)/t11-,12+,14+,15+/m1/s1. The topological polar surface area (TPSA) is 100 Å². The number of carbonyl (C=O) groups excluding carboxylic acids is 2. The monoisotopic (exact) mass is 377 g/mol. The van der Waals surface area contributed by atoms with Gasteiger partial charge in [0.1, 0.15) is 0 Å². The summed E-state index contributed by atoms with van der Waals surface area (Å²) < 4.78 is 0. The van der Waals surface area contributed by atoms with Gasteiger partial charge in [0.2, 0.25) is 11.8 Å². The Bertz CT molecular complexity index is 678. The Hall–Kier alpha value is -1.67. The molecule has 0 aliphatic carbocycles. The summed E-state index contributed by atoms with van der Waals surface area (Å²) in [4.78, 5) is 31.2. The lowest BCUT2D eigenvalue weighted by Crippen LogP contribution is -2.66. The van der Waals surface area contributed by atoms with E-state index < -0.39 is 0 Å². The fourth-order valence-electron chi connectivity index (χ4n) is 4.88. The molecule has 7 nitrogen and oxygen atoms in total. The summed E-state index contributed by atoms with van der Waals surface area (Å²) >= 11 is 1.40. The summed E-state index contributed by atoms with van der Waals surface area (Å²) in [6, 6.07) is 0.468. The number of fused-ring (bicyclic) bond motifs is 4. The smallest absolute Gasteiger partial charge is 0.223 e. The van der Waals surface area contributed by atoms with Crippen LogP contribution in [0.1, 0.15) is 37.8 Å². The van der Waals surface area contributed by atoms with Gasteiger partial charge in [-0.15, -0.1) is 11.3 Å². The molecular weight excluding hydrogens is 350 g/mol. The lowest BCUT2D eigenvalue weighted by Gasteiger charge is -2.54. The zero-order chi connectivity index (χ0) is 18.1. The molecule has 3 saturated heterocycles. The molecule has 1 aromatic heterocycles. The average molecular weight is 378 g/mol. The first-order valence-electron chi connectivity index (χ1n) is 9.60. The molecule has 3 aliphatic heterocycles. The number of aryl methyl sites for hydroxylation is 1. The van der Waals surface area contributed by atoms with Crippen molar-refractivity contribution in [1.29, 1.82) is 0 Å². The normalized spacial score (nSPS) is 30.8. The van der Waals surface area contributed by atoms with Gasteiger partial charge in [0.15, 0.2) is 5.13 Å². The Labute approximate surface area is 157 Å². The molecule has 3 fully saturated rings. The number of amides is 2. The summed E-state index contributed by atoms with van der Waals surface area (Å²) in [5, 5.41) is 9.04. The molecule has 4 heterocycles. The highest BCUT2D eigenvalue weighted by molar-refractivity contribution is 7.13. The first kappa shape index (κ1) is 17.7. The van der Waals surface area contributed by atoms with E-state index in [0.29, 0.717) is 48.8 Å². The second kappa shape index (κ2) is 7.52. The van der Waals surface area contributed by atoms with E-state index in [4.69, 9.17) is 5.73 Å². The number of rotatable bonds is 5. The van der Waals surface area contributed by atoms with Crippen LogP contribution in [0, 0.1) is 11.8 Å². The van der Waals surface area contributed by atoms with Crippen LogP contribution >= 0.6 is 11.3 Å². The highest BCUT2D eigenvalue weighted by Crippen LogP contribution is 2.39. The largest absolute Gasteiger partial charge is 0.375 e. The molecule has 1 aromatic rings. The van der Waals surface area contributed by atoms with Gasteiger partial charge in [0.05, 0.1) is 11.7 Å². The third kappa shape index (κ3) is 3.57. The fourth-order valence-corrected chi connectivity index (χ4v) is 5.48. The first-order chi connectivity index (χ1) is 12.6. The van der Waals surface area contributed by atoms with Crippen molar-refractivity contribution in [3.05, 3.63) is 11.1 Å². The van der Waals surface area contributed by atoms with Gasteiger partial charge in [-0.25, -0.2) is 4.98 Å². The second-order valence-electron chi connectivity index (χ2n) is 7.72. The van der Waals surface area contributed by atoms with Gasteiger partial charge in [-0.05, 0) is 44.1 Å². The van der Waals surface area contributed by atoms with Crippen molar-refractivity contribution in [3.63, 3.8) is 0 Å². The molecule has 2 amide bonds. The maximum Gasteiger partial charge on any atom is 0.223 e. The van der Waals surface area contributed by atoms with Crippen molar-refractivity contribution < 1.29 is 9.59 Å². The molecule has 26 heavy (non-hydrogen) atoms. The average Bonchev–Trinajstić information content (AvgIpc) is 3.06. The maximum atomic E-state index is 12.6. The van der Waals surface area contributed by atoms with Gasteiger partial charge < -0.3 is 21.3 Å². The van der Waals surface area contributed by atoms with E-state index in [1.54, 1.807) is 0 Å². The lowest BCUT2D eigenvalue weighted by molar-refractivity contribution is -0.149. The number of nitrogens with zero attached hydrogens (tertiary/aromatic N) is 2. The number of anilines is 1. The first-order valence-corrected chi connectivity index (χ1v) is 10.5. The molecule has 3 aliphatic rings. The second-order valence-corrected chi connectivity index (χ2v) is 8.61. The predicted octanol–water partition coefficient (Wildman–Crippen LogP) is 0.763. The van der Waals surface area contributed by atoms with Gasteiger partial charge in [0.25, 0.3) is 0 Å². The Morgan fingerprint density at radius 2 is 2.27 bits per heavy atom. The van der Waals surface area contributed by atoms with Crippen molar-refractivity contribution in [3.8, 4) is 0 Å². The summed E-state index contributed by atoms with van der Waals surface area (Å²) in [6.07, 6.45) is 4.91. The van der Waals surface area contributed by atoms with E-state index in [1.807, 2.05) is 5.38 Å². The number of carbonyl (C=O) groups is 2. The SMILES string of the molecule is Nc1nc(CCC(=O)NC[C@H]2[C@@H]3CNC[C@@H](C3)[C@@H]3CCCC(=O)N32)cs1. The van der Waals surface area contributed by atoms with Gasteiger partial charge in [-0.1, -0.05) is 0 Å². The maximum absolute atomic E-state index is 12.6. The number of hydrogen-bond acceptors (Lipinski definition) is 6. The molecule has 4 rings (SSSR count). The van der Waals surface area contributed by atoms with Crippen LogP contribution in [0.15, 0.2) is 5.38 Å². The highest BCUT2D eigenvalue weighted by Gasteiger charge is 2.47. The van der Waals surface area contributed by atoms with Crippen LogP contribution in [0.3, 0.4) is 0 Å². The van der Waals surface area contributed by atoms with Crippen molar-refractivity contribution in [2.45, 2.75) is 50.6 Å². The van der Waals surface area contributed by atoms with Gasteiger partial charge >= 0.3 is 0 Å². The lowest BCUT2D eigenvalue weighted by atomic mass is 9.72. The molecule has 4 atom stereocenters. The Morgan fingerprint density at radius 1 is 1.42 bits per heavy atom. The van der Waals surface area contributed by atoms with E-state index in [2.05, 4.69) is 20.5 Å². The highest BCUT2D eigenvalue weighted by atomic mass is 32.1. The summed E-state index contributed by atoms with van der Waals surface area (Å²) in [5.41, 5.74) is 6.49. The molecule has 0 saturated carbocycles. The zero-order valence-corrected chi connectivity index (χ0v) is 15.8.